The first kappa shape index (κ1) is 13.3. The topological polar surface area (TPSA) is 96.2 Å². The van der Waals surface area contributed by atoms with Crippen LogP contribution in [0.1, 0.15) is 32.8 Å². The molecule has 0 aromatic heterocycles. The van der Waals surface area contributed by atoms with Gasteiger partial charge >= 0.3 is 15.0 Å². The molecule has 6 nitrogen and oxygen atoms in total. The van der Waals surface area contributed by atoms with Gasteiger partial charge in [0.05, 0.1) is 0 Å². The standard InChI is InChI=1S/C14H22O6Si/c1-14(2,3)20-13(15)19-12-8-6-11(7-9-12)5-4-10-21(16,17)18/h6-9,16-18H,4-5,10H2,1-3H3/i16T,17T,18T. The third-order valence-electron chi connectivity index (χ3n) is 2.46. The minimum absolute atomic E-state index is 0.180. The lowest BCUT2D eigenvalue weighted by Gasteiger charge is -2.18. The zero-order valence-electron chi connectivity index (χ0n) is 15.4. The van der Waals surface area contributed by atoms with Crippen LogP contribution in [0.2, 0.25) is 6.04 Å². The molecule has 0 radical (unpaired) electrons. The summed E-state index contributed by atoms with van der Waals surface area (Å²) in [5, 5.41) is 0. The molecule has 118 valence electrons. The Morgan fingerprint density at radius 3 is 2.38 bits per heavy atom. The van der Waals surface area contributed by atoms with Gasteiger partial charge in [0, 0.05) is 6.04 Å². The minimum Gasteiger partial charge on any atom is -0.428 e. The number of rotatable bonds is 8. The van der Waals surface area contributed by atoms with Crippen LogP contribution in [0, 0.1) is 0 Å². The van der Waals surface area contributed by atoms with E-state index < -0.39 is 20.6 Å². The van der Waals surface area contributed by atoms with E-state index in [9.17, 15) is 4.79 Å². The number of hydrogen-bond donors (Lipinski definition) is 3. The zero-order chi connectivity index (χ0) is 18.2. The molecular weight excluding hydrogens is 292 g/mol. The van der Waals surface area contributed by atoms with Gasteiger partial charge in [0.1, 0.15) is 11.4 Å². The number of aryl methyl sites for hydroxylation is 1. The molecule has 3 N–H and O–H groups in total. The molecule has 0 fully saturated rings. The van der Waals surface area contributed by atoms with Crippen molar-refractivity contribution in [3.63, 3.8) is 0 Å². The molecule has 21 heavy (non-hydrogen) atoms. The van der Waals surface area contributed by atoms with Gasteiger partial charge in [-0.1, -0.05) is 12.1 Å². The number of ether oxygens (including phenoxy) is 2. The molecule has 1 rings (SSSR count). The van der Waals surface area contributed by atoms with E-state index in [4.69, 9.17) is 13.8 Å². The lowest BCUT2D eigenvalue weighted by Crippen LogP contribution is -2.34. The van der Waals surface area contributed by atoms with Crippen molar-refractivity contribution in [1.29, 1.82) is 4.29 Å². The molecule has 1 aromatic carbocycles. The molecule has 0 atom stereocenters. The van der Waals surface area contributed by atoms with Crippen molar-refractivity contribution in [3.05, 3.63) is 29.8 Å². The summed E-state index contributed by atoms with van der Waals surface area (Å²) in [5.41, 5.74) is 0.335. The Labute approximate surface area is 129 Å². The van der Waals surface area contributed by atoms with E-state index >= 15 is 0 Å². The van der Waals surface area contributed by atoms with Crippen LogP contribution in [0.3, 0.4) is 0 Å². The van der Waals surface area contributed by atoms with Crippen molar-refractivity contribution >= 4 is 15.0 Å². The first-order chi connectivity index (χ1) is 11.2. The smallest absolute Gasteiger partial charge is 0.428 e. The van der Waals surface area contributed by atoms with Gasteiger partial charge in [0.2, 0.25) is 0 Å². The fourth-order valence-electron chi connectivity index (χ4n) is 1.60. The van der Waals surface area contributed by atoms with Crippen LogP contribution in [0.5, 0.6) is 5.75 Å². The quantitative estimate of drug-likeness (QED) is 0.384. The molecule has 7 heteroatoms. The van der Waals surface area contributed by atoms with Crippen molar-refractivity contribution < 1.29 is 28.7 Å². The number of hydrogen-bond acceptors (Lipinski definition) is 6. The van der Waals surface area contributed by atoms with Gasteiger partial charge in [-0.3, -0.25) is 0 Å². The molecule has 0 unspecified atom stereocenters. The Kier molecular flexibility index (Phi) is 4.44. The molecule has 0 saturated heterocycles. The van der Waals surface area contributed by atoms with Gasteiger partial charge in [0.15, 0.2) is 4.29 Å². The number of benzene rings is 1. The van der Waals surface area contributed by atoms with Crippen LogP contribution in [0.15, 0.2) is 24.3 Å². The summed E-state index contributed by atoms with van der Waals surface area (Å²) in [5.74, 6) is 0.371. The van der Waals surface area contributed by atoms with Gasteiger partial charge in [-0.05, 0) is 51.3 Å². The van der Waals surface area contributed by atoms with Crippen LogP contribution >= 0.6 is 0 Å². The van der Waals surface area contributed by atoms with Crippen molar-refractivity contribution in [3.8, 4) is 5.75 Å². The predicted octanol–water partition coefficient (Wildman–Crippen LogP) is 1.85. The Hall–Kier alpha value is -1.41. The first-order valence-electron chi connectivity index (χ1n) is 7.89. The van der Waals surface area contributed by atoms with Crippen molar-refractivity contribution in [2.75, 3.05) is 0 Å². The van der Waals surface area contributed by atoms with E-state index in [1.807, 2.05) is 0 Å². The highest BCUT2D eigenvalue weighted by atomic mass is 28.4. The van der Waals surface area contributed by atoms with Gasteiger partial charge in [-0.25, -0.2) is 4.79 Å². The SMILES string of the molecule is [3H]O[Si](CCCc1ccc(OC(=O)OC(C)(C)C)cc1)(O[3H])O[3H]. The first-order valence-corrected chi connectivity index (χ1v) is 8.59. The molecular formula is C14H22O6Si. The van der Waals surface area contributed by atoms with Gasteiger partial charge in [-0.15, -0.1) is 0 Å². The number of carbonyl (C=O) groups excluding carboxylic acids is 1. The lowest BCUT2D eigenvalue weighted by atomic mass is 10.1. The van der Waals surface area contributed by atoms with E-state index in [1.165, 1.54) is 0 Å². The summed E-state index contributed by atoms with van der Waals surface area (Å²) in [4.78, 5) is 24.4. The second-order valence-electron chi connectivity index (χ2n) is 5.75. The fraction of sp³-hybridized carbons (Fsp3) is 0.500. The molecule has 0 aliphatic carbocycles. The highest BCUT2D eigenvalue weighted by Gasteiger charge is 2.25. The molecule has 0 aliphatic rings. The van der Waals surface area contributed by atoms with E-state index in [0.29, 0.717) is 18.6 Å². The highest BCUT2D eigenvalue weighted by molar-refractivity contribution is 6.56. The van der Waals surface area contributed by atoms with Crippen LogP contribution in [-0.4, -0.2) is 39.2 Å². The van der Waals surface area contributed by atoms with Crippen LogP contribution in [0.25, 0.3) is 0 Å². The second kappa shape index (κ2) is 7.03. The monoisotopic (exact) mass is 320 g/mol. The molecule has 0 bridgehead atoms. The van der Waals surface area contributed by atoms with E-state index in [0.717, 1.165) is 5.56 Å². The van der Waals surface area contributed by atoms with E-state index in [-0.39, 0.29) is 6.04 Å². The van der Waals surface area contributed by atoms with Crippen LogP contribution in [-0.2, 0) is 11.2 Å². The third kappa shape index (κ3) is 8.46. The van der Waals surface area contributed by atoms with Crippen LogP contribution in [0.4, 0.5) is 4.79 Å². The van der Waals surface area contributed by atoms with Gasteiger partial charge < -0.3 is 23.9 Å². The third-order valence-corrected chi connectivity index (χ3v) is 3.43. The fourth-order valence-corrected chi connectivity index (χ4v) is 2.21. The van der Waals surface area contributed by atoms with Crippen molar-refractivity contribution in [1.82, 2.24) is 0 Å². The molecule has 0 heterocycles. The van der Waals surface area contributed by atoms with Crippen molar-refractivity contribution in [2.45, 2.75) is 45.3 Å². The second-order valence-corrected chi connectivity index (χ2v) is 7.61. The summed E-state index contributed by atoms with van der Waals surface area (Å²) in [6, 6.07) is 7.04. The summed E-state index contributed by atoms with van der Waals surface area (Å²) < 4.78 is 30.7. The predicted molar refractivity (Wildman–Crippen MR) is 78.8 cm³/mol. The van der Waals surface area contributed by atoms with Crippen LogP contribution < -0.4 is 4.74 Å². The minimum atomic E-state index is -3.51. The average Bonchev–Trinajstić information content (AvgIpc) is 2.52. The van der Waals surface area contributed by atoms with Gasteiger partial charge in [0.25, 0.3) is 0 Å². The van der Waals surface area contributed by atoms with Gasteiger partial charge in [-0.2, -0.15) is 0 Å². The Morgan fingerprint density at radius 2 is 1.86 bits per heavy atom. The summed E-state index contributed by atoms with van der Waals surface area (Å²) in [7, 11) is -3.51. The maximum absolute atomic E-state index is 11.6. The summed E-state index contributed by atoms with van der Waals surface area (Å²) in [6.07, 6.45) is 0.367. The normalized spacial score (nSPS) is 14.0. The average molecular weight is 320 g/mol. The molecule has 1 aromatic rings. The zero-order valence-corrected chi connectivity index (χ0v) is 13.4. The Balaban J connectivity index is 2.49. The largest absolute Gasteiger partial charge is 0.514 e. The maximum Gasteiger partial charge on any atom is 0.514 e. The molecule has 0 saturated carbocycles. The van der Waals surface area contributed by atoms with E-state index in [2.05, 4.69) is 14.4 Å². The Bertz CT molecular complexity index is 508. The maximum atomic E-state index is 11.6. The van der Waals surface area contributed by atoms with E-state index in [1.54, 1.807) is 45.0 Å². The summed E-state index contributed by atoms with van der Waals surface area (Å²) >= 11 is 0. The summed E-state index contributed by atoms with van der Waals surface area (Å²) in [6.45, 7) is 5.26. The molecule has 0 amide bonds. The Morgan fingerprint density at radius 1 is 1.24 bits per heavy atom. The van der Waals surface area contributed by atoms with Crippen molar-refractivity contribution in [2.24, 2.45) is 0 Å². The lowest BCUT2D eigenvalue weighted by molar-refractivity contribution is 0.0206. The number of carbonyl (C=O) groups is 1. The molecule has 0 aliphatic heterocycles. The highest BCUT2D eigenvalue weighted by Crippen LogP contribution is 2.17. The molecule has 0 spiro atoms.